The number of hydrogen-bond acceptors (Lipinski definition) is 45. The summed E-state index contributed by atoms with van der Waals surface area (Å²) in [4.78, 5) is 77.7. The van der Waals surface area contributed by atoms with Gasteiger partial charge in [-0.05, 0) is 73.9 Å². The second-order valence-electron chi connectivity index (χ2n) is 32.8. The standard InChI is InChI=1S/C20H22BClFN3O8PS.3C20H23BClFN3O8PS.H3N.2H2O/c21-15-7-11(27)13(32-15)8-30-35(29,33-12-4-2-1-3-10(12)22)31-9-14-18(34-35)17(23)19(36-14)26-6-5-16(24)25-20(26)28;2*21-15-7-11(28)13(32-15)9-31-35(30,33-12-4-2-1-3-10(12)22)34-18-14(8-27)36-19(17(18)23)26-6-5-16(24)25-20(26)29;21-15-7-11(27)13(33-15)8-31-35(30,34-12-4-2-1-3-10(12)22)32-9-14-18(28)17(23)19(36-14)26-6-5-16(24)25-20(26)29;;;/h1-6,11,13-15,17-19,27H,7-9H2,(H2,24,25,28);3*1-6,11,13-15,17-19,27-28H,7-9H2,(H2,24,25,29);1H3;2*1H2/q-1;;;;;;/t11-,13+,14+,15+,17-,18+,19+;3*11-,13+,14+,15+,17-,18+,19+,35?;;;/m0000.../s1. The van der Waals surface area contributed by atoms with Crippen molar-refractivity contribution in [3.8, 4) is 23.0 Å². The number of halogens is 8. The predicted octanol–water partition coefficient (Wildman–Crippen LogP) is 4.56. The molecule has 0 bridgehead atoms. The van der Waals surface area contributed by atoms with Gasteiger partial charge < -0.3 is 92.7 Å². The zero-order valence-corrected chi connectivity index (χ0v) is 86.1. The number of benzene rings is 4. The van der Waals surface area contributed by atoms with Crippen LogP contribution < -0.4 is 74.8 Å². The van der Waals surface area contributed by atoms with Crippen molar-refractivity contribution in [2.45, 2.75) is 190 Å². The van der Waals surface area contributed by atoms with Crippen LogP contribution in [-0.4, -0.2) is 312 Å². The Balaban J connectivity index is 0.000000185. The fraction of sp³-hybridized carbons (Fsp3) is 0.500. The molecule has 4 aromatic heterocycles. The molecule has 3 unspecified atom stereocenters. The van der Waals surface area contributed by atoms with Gasteiger partial charge in [0.05, 0.1) is 88.8 Å². The van der Waals surface area contributed by atoms with Crippen LogP contribution in [0.15, 0.2) is 165 Å². The van der Waals surface area contributed by atoms with Crippen molar-refractivity contribution in [3.05, 3.63) is 208 Å². The number of aliphatic hydroxyl groups is 7. The Morgan fingerprint density at radius 1 is 0.435 bits per heavy atom. The molecule has 4 aromatic carbocycles. The number of para-hydroxylation sites is 4. The van der Waals surface area contributed by atoms with E-state index in [1.54, 1.807) is 48.5 Å². The van der Waals surface area contributed by atoms with Gasteiger partial charge in [0.25, 0.3) is 0 Å². The summed E-state index contributed by atoms with van der Waals surface area (Å²) >= 11 is 28.2. The molecule has 0 saturated carbocycles. The van der Waals surface area contributed by atoms with Crippen LogP contribution >= 0.6 is 125 Å². The average molecular weight is 2300 g/mol. The Bertz CT molecular complexity index is 6020. The van der Waals surface area contributed by atoms with Crippen LogP contribution in [0.4, 0.5) is 40.8 Å². The zero-order valence-electron chi connectivity index (χ0n) is 76.2. The molecular weight excluding hydrogens is 2200 g/mol. The average Bonchev–Trinajstić information content (AvgIpc) is 1.62. The number of phosphoric ester groups is 3. The molecule has 67 heteroatoms. The van der Waals surface area contributed by atoms with Gasteiger partial charge in [-0.3, -0.25) is 40.8 Å². The summed E-state index contributed by atoms with van der Waals surface area (Å²) in [7, 11) is 3.17. The molecule has 17 rings (SSSR count). The van der Waals surface area contributed by atoms with Crippen LogP contribution in [0.5, 0.6) is 23.0 Å². The van der Waals surface area contributed by atoms with Crippen LogP contribution in [0.1, 0.15) is 47.2 Å². The van der Waals surface area contributed by atoms with Crippen molar-refractivity contribution < 1.29 is 161 Å². The number of nitrogen functional groups attached to an aromatic ring is 4. The molecule has 8 aromatic rings. The molecule has 47 nitrogen and oxygen atoms in total. The van der Waals surface area contributed by atoms with E-state index in [4.69, 9.17) is 178 Å². The second kappa shape index (κ2) is 52.2. The number of alkyl halides is 4. The van der Waals surface area contributed by atoms with E-state index >= 15 is 13.2 Å². The number of fused-ring (bicyclic) bond motifs is 1. The minimum atomic E-state index is -5.80. The van der Waals surface area contributed by atoms with Crippen LogP contribution in [0.3, 0.4) is 0 Å². The number of ether oxygens (including phenoxy) is 4. The number of aromatic nitrogens is 8. The van der Waals surface area contributed by atoms with E-state index in [0.717, 1.165) is 65.3 Å². The third-order valence-corrected chi connectivity index (χ3v) is 36.2. The number of anilines is 4. The van der Waals surface area contributed by atoms with Gasteiger partial charge in [0.2, 0.25) is 0 Å². The summed E-state index contributed by atoms with van der Waals surface area (Å²) in [5.41, 5.74) is 18.9. The third-order valence-electron chi connectivity index (χ3n) is 22.5. The summed E-state index contributed by atoms with van der Waals surface area (Å²) in [6.45, 7) is -3.73. The summed E-state index contributed by atoms with van der Waals surface area (Å²) in [6, 6.07) is 26.7. The van der Waals surface area contributed by atoms with Crippen molar-refractivity contribution in [1.82, 2.24) is 44.4 Å². The van der Waals surface area contributed by atoms with Gasteiger partial charge in [0.1, 0.15) is 111 Å². The second-order valence-corrected chi connectivity index (χ2v) is 46.9. The summed E-state index contributed by atoms with van der Waals surface area (Å²) < 4.78 is 200. The van der Waals surface area contributed by atoms with E-state index in [9.17, 15) is 77.9 Å². The van der Waals surface area contributed by atoms with Crippen molar-refractivity contribution in [2.24, 2.45) is 0 Å². The molecule has 0 amide bonds. The number of nitrogens with two attached hydrogens (primary N) is 4. The Labute approximate surface area is 875 Å². The normalized spacial score (nSPS) is 32.2. The Morgan fingerprint density at radius 2 is 0.735 bits per heavy atom. The molecule has 31 atom stereocenters. The SMILES string of the molecule is N.O.O.[B][C@H]1C[C@H](O)[C@@H](COP(=O)(OC[C@H]2S[C@@H](n3ccc(N)nc3=O)[C@@H](F)[C@@H]2O)Oc2ccccc2Cl)O1.[B][C@H]1C[C@H](O)[C@@H](COP(=O)(Oc2ccccc2Cl)O[C@H]2[C@H](F)[C@H](n3ccc(N)nc3=O)S[C@@H]2CO)O1.[B][C@H]1C[C@H](O)[C@@H](COP(=O)(Oc2ccccc2Cl)O[C@H]2[C@H](F)[C@H](n3ccc(N)nc3=O)S[C@@H]2CO)O1.[B][C@H]1C[C@H](O)[C@@H](COP2([O-])(Oc3ccccc3Cl)OC[C@H]3S[C@@H](n4ccc(N)nc4=O)[C@@H](F)[C@@H]3O2)O1. The minimum absolute atomic E-state index is 0. The Kier molecular flexibility index (Phi) is 42.8. The van der Waals surface area contributed by atoms with Gasteiger partial charge in [-0.15, -0.1) is 35.3 Å². The van der Waals surface area contributed by atoms with Gasteiger partial charge in [-0.1, -0.05) is 71.2 Å². The summed E-state index contributed by atoms with van der Waals surface area (Å²) in [6.07, 6.45) is -15.5. The first-order valence-corrected chi connectivity index (χ1v) is 54.9. The van der Waals surface area contributed by atoms with Crippen molar-refractivity contribution in [3.63, 3.8) is 0 Å². The summed E-state index contributed by atoms with van der Waals surface area (Å²) in [5.74, 6) is -0.338. The molecule has 9 aliphatic rings. The molecule has 22 N–H and O–H groups in total. The van der Waals surface area contributed by atoms with Gasteiger partial charge in [0.15, 0.2) is 18.5 Å². The topological polar surface area (TPSA) is 714 Å². The number of nitrogens with zero attached hydrogens (tertiary/aromatic N) is 8. The van der Waals surface area contributed by atoms with Crippen molar-refractivity contribution >= 4 is 179 Å². The molecule has 9 fully saturated rings. The van der Waals surface area contributed by atoms with Gasteiger partial charge in [0, 0.05) is 36.6 Å². The quantitative estimate of drug-likeness (QED) is 0.0152. The molecule has 8 radical (unpaired) electrons. The number of rotatable bonds is 33. The van der Waals surface area contributed by atoms with Crippen LogP contribution in [0.2, 0.25) is 20.1 Å². The molecule has 9 saturated heterocycles. The Hall–Kier alpha value is -6.50. The predicted molar refractivity (Wildman–Crippen MR) is 534 cm³/mol. The van der Waals surface area contributed by atoms with E-state index in [1.165, 1.54) is 97.6 Å². The molecular formula is C80H98B4Cl4F4N13O34P4S4-. The van der Waals surface area contributed by atoms with E-state index in [1.807, 2.05) is 0 Å². The van der Waals surface area contributed by atoms with Gasteiger partial charge in [-0.2, -0.15) is 15.0 Å². The molecule has 13 heterocycles. The molecule has 0 spiro atoms. The fourth-order valence-corrected chi connectivity index (χ4v) is 28.8. The zero-order chi connectivity index (χ0) is 104. The van der Waals surface area contributed by atoms with E-state index < -0.39 is 265 Å². The number of thioether (sulfide) groups is 4. The Morgan fingerprint density at radius 3 is 1.06 bits per heavy atom. The maximum absolute atomic E-state index is 15.7. The van der Waals surface area contributed by atoms with Crippen LogP contribution in [0, 0.1) is 0 Å². The van der Waals surface area contributed by atoms with E-state index in [0.29, 0.717) is 0 Å². The summed E-state index contributed by atoms with van der Waals surface area (Å²) in [5, 5.41) is 62.9. The van der Waals surface area contributed by atoms with E-state index in [-0.39, 0.29) is 116 Å². The van der Waals surface area contributed by atoms with Gasteiger partial charge in [-0.25, -0.2) is 41.3 Å². The molecule has 147 heavy (non-hydrogen) atoms. The number of phosphoric acid groups is 3. The monoisotopic (exact) mass is 2300 g/mol. The first-order valence-electron chi connectivity index (χ1n) is 43.4. The maximum atomic E-state index is 15.7. The third kappa shape index (κ3) is 30.0. The molecule has 800 valence electrons. The fourth-order valence-electron chi connectivity index (χ4n) is 15.3. The number of hydrogen-bond donors (Lipinski definition) is 12. The number of aliphatic hydroxyl groups excluding tert-OH is 7. The molecule has 9 aliphatic heterocycles. The van der Waals surface area contributed by atoms with Crippen molar-refractivity contribution in [2.75, 3.05) is 75.8 Å². The van der Waals surface area contributed by atoms with Gasteiger partial charge >= 0.3 is 256 Å². The first kappa shape index (κ1) is 121. The van der Waals surface area contributed by atoms with Crippen molar-refractivity contribution in [1.29, 1.82) is 0 Å². The molecule has 0 aliphatic carbocycles. The van der Waals surface area contributed by atoms with E-state index in [2.05, 4.69) is 19.9 Å². The van der Waals surface area contributed by atoms with Crippen LogP contribution in [-0.2, 0) is 73.4 Å². The first-order chi connectivity index (χ1) is 68.3. The van der Waals surface area contributed by atoms with Crippen LogP contribution in [0.25, 0.3) is 0 Å².